The molecule has 6 N–H and O–H groups in total. The molecule has 1 aliphatic rings. The Labute approximate surface area is 202 Å². The number of carbonyl (C=O) groups is 4. The van der Waals surface area contributed by atoms with Crippen LogP contribution < -0.4 is 20.7 Å². The van der Waals surface area contributed by atoms with Crippen molar-refractivity contribution in [3.05, 3.63) is 82.9 Å². The van der Waals surface area contributed by atoms with Crippen molar-refractivity contribution in [3.63, 3.8) is 0 Å². The lowest BCUT2D eigenvalue weighted by Crippen LogP contribution is -2.46. The number of ether oxygens (including phenoxy) is 1. The molecule has 1 aliphatic heterocycles. The minimum Gasteiger partial charge on any atom is -0.482 e. The molecule has 0 atom stereocenters. The van der Waals surface area contributed by atoms with Crippen LogP contribution in [0.2, 0.25) is 0 Å². The predicted molar refractivity (Wildman–Crippen MR) is 121 cm³/mol. The Morgan fingerprint density at radius 3 is 2.39 bits per heavy atom. The van der Waals surface area contributed by atoms with E-state index in [2.05, 4.69) is 20.6 Å². The van der Waals surface area contributed by atoms with Crippen LogP contribution in [0.15, 0.2) is 54.9 Å². The van der Waals surface area contributed by atoms with Crippen molar-refractivity contribution in [2.24, 2.45) is 0 Å². The van der Waals surface area contributed by atoms with Crippen LogP contribution in [-0.2, 0) is 17.3 Å². The molecule has 13 nitrogen and oxygen atoms in total. The molecule has 0 bridgehead atoms. The molecule has 0 aliphatic carbocycles. The van der Waals surface area contributed by atoms with Crippen molar-refractivity contribution in [1.82, 2.24) is 20.6 Å². The molecule has 0 saturated heterocycles. The SMILES string of the molecule is O=C1COc2ccc(CNC(=O)c3cc(C(=O)NC(O)(O)c4ccc(C(=O)O)cc4)ncn3)cc2N1. The molecule has 3 aromatic rings. The lowest BCUT2D eigenvalue weighted by Gasteiger charge is -2.23. The fourth-order valence-electron chi connectivity index (χ4n) is 3.26. The number of fused-ring (bicyclic) bond motifs is 1. The second kappa shape index (κ2) is 9.77. The van der Waals surface area contributed by atoms with Crippen LogP contribution in [0.25, 0.3) is 0 Å². The Bertz CT molecular complexity index is 1360. The van der Waals surface area contributed by atoms with Gasteiger partial charge in [0.15, 0.2) is 6.61 Å². The molecule has 36 heavy (non-hydrogen) atoms. The fraction of sp³-hybridized carbons (Fsp3) is 0.130. The molecule has 0 radical (unpaired) electrons. The topological polar surface area (TPSA) is 200 Å². The normalized spacial score (nSPS) is 12.6. The second-order valence-electron chi connectivity index (χ2n) is 7.65. The van der Waals surface area contributed by atoms with Gasteiger partial charge in [0.25, 0.3) is 23.6 Å². The number of nitrogens with zero attached hydrogens (tertiary/aromatic N) is 2. The van der Waals surface area contributed by atoms with Crippen LogP contribution in [0.1, 0.15) is 42.5 Å². The van der Waals surface area contributed by atoms with Crippen molar-refractivity contribution in [2.45, 2.75) is 12.5 Å². The molecule has 3 amide bonds. The average Bonchev–Trinajstić information content (AvgIpc) is 2.86. The quantitative estimate of drug-likeness (QED) is 0.243. The van der Waals surface area contributed by atoms with Gasteiger partial charge in [0.2, 0.25) is 0 Å². The first-order valence-corrected chi connectivity index (χ1v) is 10.4. The van der Waals surface area contributed by atoms with Gasteiger partial charge in [-0.25, -0.2) is 14.8 Å². The van der Waals surface area contributed by atoms with Gasteiger partial charge in [-0.15, -0.1) is 0 Å². The van der Waals surface area contributed by atoms with Gasteiger partial charge in [0.05, 0.1) is 11.3 Å². The van der Waals surface area contributed by atoms with E-state index in [1.54, 1.807) is 18.2 Å². The summed E-state index contributed by atoms with van der Waals surface area (Å²) in [5, 5.41) is 36.7. The van der Waals surface area contributed by atoms with Gasteiger partial charge in [-0.2, -0.15) is 0 Å². The van der Waals surface area contributed by atoms with Gasteiger partial charge in [0.1, 0.15) is 23.5 Å². The van der Waals surface area contributed by atoms with Gasteiger partial charge < -0.3 is 30.7 Å². The third-order valence-electron chi connectivity index (χ3n) is 5.08. The summed E-state index contributed by atoms with van der Waals surface area (Å²) in [6, 6.07) is 10.6. The summed E-state index contributed by atoms with van der Waals surface area (Å²) in [6.45, 7) is 0.00758. The zero-order valence-corrected chi connectivity index (χ0v) is 18.4. The molecule has 0 saturated carbocycles. The summed E-state index contributed by atoms with van der Waals surface area (Å²) in [4.78, 5) is 55.1. The van der Waals surface area contributed by atoms with E-state index in [1.165, 1.54) is 0 Å². The number of carbonyl (C=O) groups excluding carboxylic acids is 3. The summed E-state index contributed by atoms with van der Waals surface area (Å²) in [6.07, 6.45) is 0.966. The van der Waals surface area contributed by atoms with Crippen LogP contribution in [0.4, 0.5) is 5.69 Å². The largest absolute Gasteiger partial charge is 0.482 e. The predicted octanol–water partition coefficient (Wildman–Crippen LogP) is -0.0394. The van der Waals surface area contributed by atoms with E-state index in [4.69, 9.17) is 9.84 Å². The minimum atomic E-state index is -2.84. The molecule has 0 unspecified atom stereocenters. The highest BCUT2D eigenvalue weighted by atomic mass is 16.5. The molecular formula is C23H19N5O8. The summed E-state index contributed by atoms with van der Waals surface area (Å²) >= 11 is 0. The summed E-state index contributed by atoms with van der Waals surface area (Å²) in [7, 11) is 0. The number of amides is 3. The molecule has 0 fully saturated rings. The first-order chi connectivity index (χ1) is 17.1. The molecule has 4 rings (SSSR count). The van der Waals surface area contributed by atoms with Crippen LogP contribution in [0.5, 0.6) is 5.75 Å². The van der Waals surface area contributed by atoms with Gasteiger partial charge in [-0.3, -0.25) is 19.7 Å². The number of nitrogens with one attached hydrogen (secondary N) is 3. The van der Waals surface area contributed by atoms with Crippen LogP contribution in [0, 0.1) is 0 Å². The zero-order valence-electron chi connectivity index (χ0n) is 18.4. The highest BCUT2D eigenvalue weighted by Crippen LogP contribution is 2.28. The molecule has 0 spiro atoms. The van der Waals surface area contributed by atoms with Crippen LogP contribution >= 0.6 is 0 Å². The lowest BCUT2D eigenvalue weighted by atomic mass is 10.1. The number of carboxylic acids is 1. The smallest absolute Gasteiger partial charge is 0.335 e. The van der Waals surface area contributed by atoms with Gasteiger partial charge in [0, 0.05) is 18.2 Å². The van der Waals surface area contributed by atoms with E-state index in [-0.39, 0.29) is 41.6 Å². The first kappa shape index (κ1) is 24.3. The molecule has 2 heterocycles. The van der Waals surface area contributed by atoms with Gasteiger partial charge in [-0.1, -0.05) is 18.2 Å². The van der Waals surface area contributed by atoms with E-state index < -0.39 is 23.7 Å². The van der Waals surface area contributed by atoms with E-state index in [9.17, 15) is 29.4 Å². The third kappa shape index (κ3) is 5.43. The van der Waals surface area contributed by atoms with E-state index in [1.807, 2.05) is 5.32 Å². The van der Waals surface area contributed by atoms with Crippen molar-refractivity contribution in [3.8, 4) is 5.75 Å². The van der Waals surface area contributed by atoms with Gasteiger partial charge in [-0.05, 0) is 29.8 Å². The Morgan fingerprint density at radius 2 is 1.69 bits per heavy atom. The lowest BCUT2D eigenvalue weighted by molar-refractivity contribution is -0.185. The number of rotatable bonds is 7. The summed E-state index contributed by atoms with van der Waals surface area (Å²) < 4.78 is 5.29. The fourth-order valence-corrected chi connectivity index (χ4v) is 3.26. The highest BCUT2D eigenvalue weighted by molar-refractivity contribution is 5.97. The van der Waals surface area contributed by atoms with E-state index >= 15 is 0 Å². The maximum atomic E-state index is 12.6. The van der Waals surface area contributed by atoms with Crippen molar-refractivity contribution in [2.75, 3.05) is 11.9 Å². The summed E-state index contributed by atoms with van der Waals surface area (Å²) in [5.41, 5.74) is 0.392. The number of anilines is 1. The minimum absolute atomic E-state index is 0.0720. The zero-order chi connectivity index (χ0) is 25.9. The monoisotopic (exact) mass is 493 g/mol. The van der Waals surface area contributed by atoms with Crippen molar-refractivity contribution < 1.29 is 39.2 Å². The molecular weight excluding hydrogens is 474 g/mol. The van der Waals surface area contributed by atoms with Crippen molar-refractivity contribution >= 4 is 29.4 Å². The average molecular weight is 493 g/mol. The van der Waals surface area contributed by atoms with Crippen LogP contribution in [0.3, 0.4) is 0 Å². The Kier molecular flexibility index (Phi) is 6.58. The maximum Gasteiger partial charge on any atom is 0.335 e. The summed E-state index contributed by atoms with van der Waals surface area (Å²) in [5.74, 6) is -5.48. The van der Waals surface area contributed by atoms with E-state index in [0.717, 1.165) is 36.7 Å². The molecule has 1 aromatic heterocycles. The number of aromatic carboxylic acids is 1. The number of aliphatic hydroxyl groups is 2. The number of aromatic nitrogens is 2. The molecule has 2 aromatic carbocycles. The number of carboxylic acid groups (broad SMARTS) is 1. The number of hydrogen-bond acceptors (Lipinski definition) is 9. The number of benzene rings is 2. The number of hydrogen-bond donors (Lipinski definition) is 6. The Balaban J connectivity index is 1.41. The second-order valence-corrected chi connectivity index (χ2v) is 7.65. The van der Waals surface area contributed by atoms with Gasteiger partial charge >= 0.3 is 5.97 Å². The molecule has 184 valence electrons. The highest BCUT2D eigenvalue weighted by Gasteiger charge is 2.30. The first-order valence-electron chi connectivity index (χ1n) is 10.4. The standard InChI is InChI=1S/C23H19N5O8/c29-19-10-36-18-6-1-12(7-15(18)27-19)9-24-20(30)16-8-17(26-11-25-16)21(31)28-23(34,35)14-4-2-13(3-5-14)22(32)33/h1-8,11,34-35H,9-10H2,(H,24,30)(H,27,29)(H,28,31)(H,32,33). The third-order valence-corrected chi connectivity index (χ3v) is 5.08. The Morgan fingerprint density at radius 1 is 1.00 bits per heavy atom. The maximum absolute atomic E-state index is 12.6. The Hall–Kier alpha value is -4.88. The molecule has 13 heteroatoms. The van der Waals surface area contributed by atoms with Crippen molar-refractivity contribution in [1.29, 1.82) is 0 Å². The van der Waals surface area contributed by atoms with E-state index in [0.29, 0.717) is 17.0 Å². The van der Waals surface area contributed by atoms with Crippen LogP contribution in [-0.4, -0.2) is 55.6 Å².